The molecule has 0 aliphatic carbocycles. The molecule has 1 aromatic carbocycles. The molecule has 0 unspecified atom stereocenters. The number of hydrogen-bond acceptors (Lipinski definition) is 4. The van der Waals surface area contributed by atoms with Crippen molar-refractivity contribution in [2.75, 3.05) is 5.32 Å². The van der Waals surface area contributed by atoms with E-state index in [1.807, 2.05) is 12.1 Å². The first-order chi connectivity index (χ1) is 10.3. The van der Waals surface area contributed by atoms with Crippen LogP contribution in [0.25, 0.3) is 5.52 Å². The van der Waals surface area contributed by atoms with Gasteiger partial charge < -0.3 is 5.32 Å². The fraction of sp³-hybridized carbons (Fsp3) is 0.0667. The minimum absolute atomic E-state index is 0.244. The van der Waals surface area contributed by atoms with Crippen molar-refractivity contribution in [3.05, 3.63) is 60.2 Å². The van der Waals surface area contributed by atoms with E-state index < -0.39 is 0 Å². The zero-order chi connectivity index (χ0) is 14.7. The Morgan fingerprint density at radius 1 is 1.29 bits per heavy atom. The molecule has 3 rings (SSSR count). The van der Waals surface area contributed by atoms with Gasteiger partial charge in [-0.25, -0.2) is 4.52 Å². The molecule has 1 amide bonds. The van der Waals surface area contributed by atoms with Gasteiger partial charge in [0.05, 0.1) is 36.0 Å². The summed E-state index contributed by atoms with van der Waals surface area (Å²) >= 11 is 0. The molecule has 0 aliphatic rings. The lowest BCUT2D eigenvalue weighted by atomic mass is 10.1. The molecule has 102 valence electrons. The number of nitriles is 1. The van der Waals surface area contributed by atoms with Gasteiger partial charge in [-0.05, 0) is 17.7 Å². The number of amides is 1. The fourth-order valence-corrected chi connectivity index (χ4v) is 2.01. The van der Waals surface area contributed by atoms with Gasteiger partial charge in [-0.3, -0.25) is 9.78 Å². The summed E-state index contributed by atoms with van der Waals surface area (Å²) in [5, 5.41) is 15.5. The highest BCUT2D eigenvalue weighted by Crippen LogP contribution is 2.14. The summed E-state index contributed by atoms with van der Waals surface area (Å²) in [7, 11) is 0. The van der Waals surface area contributed by atoms with Crippen molar-refractivity contribution in [1.82, 2.24) is 14.6 Å². The van der Waals surface area contributed by atoms with Crippen LogP contribution < -0.4 is 5.32 Å². The maximum absolute atomic E-state index is 12.3. The number of benzene rings is 1. The third-order valence-electron chi connectivity index (χ3n) is 3.06. The molecule has 3 aromatic rings. The van der Waals surface area contributed by atoms with Gasteiger partial charge in [0, 0.05) is 18.1 Å². The average Bonchev–Trinajstić information content (AvgIpc) is 2.93. The minimum atomic E-state index is -0.244. The van der Waals surface area contributed by atoms with E-state index in [1.54, 1.807) is 35.2 Å². The largest absolute Gasteiger partial charge is 0.322 e. The van der Waals surface area contributed by atoms with E-state index in [1.165, 1.54) is 6.20 Å². The third kappa shape index (κ3) is 2.58. The van der Waals surface area contributed by atoms with Gasteiger partial charge in [0.2, 0.25) is 0 Å². The second-order valence-corrected chi connectivity index (χ2v) is 4.45. The zero-order valence-corrected chi connectivity index (χ0v) is 11.0. The molecule has 2 heterocycles. The predicted octanol–water partition coefficient (Wildman–Crippen LogP) is 2.05. The lowest BCUT2D eigenvalue weighted by Gasteiger charge is -2.04. The Bertz CT molecular complexity index is 829. The first-order valence-electron chi connectivity index (χ1n) is 6.32. The Hall–Kier alpha value is -3.20. The second-order valence-electron chi connectivity index (χ2n) is 4.45. The molecule has 21 heavy (non-hydrogen) atoms. The second kappa shape index (κ2) is 5.43. The van der Waals surface area contributed by atoms with Crippen LogP contribution in [0.2, 0.25) is 0 Å². The summed E-state index contributed by atoms with van der Waals surface area (Å²) in [4.78, 5) is 16.3. The van der Waals surface area contributed by atoms with E-state index in [9.17, 15) is 4.79 Å². The van der Waals surface area contributed by atoms with E-state index in [0.717, 1.165) is 5.56 Å². The molecule has 0 aliphatic heterocycles. The standard InChI is InChI=1S/C15H11N5O/c16-6-5-11-1-3-12(4-2-11)19-15(21)13-9-18-20-8-7-17-10-14(13)20/h1-4,7-10H,5H2,(H,19,21). The van der Waals surface area contributed by atoms with Crippen LogP contribution in [0, 0.1) is 11.3 Å². The summed E-state index contributed by atoms with van der Waals surface area (Å²) < 4.78 is 1.60. The Morgan fingerprint density at radius 2 is 2.10 bits per heavy atom. The van der Waals surface area contributed by atoms with Crippen LogP contribution in [0.15, 0.2) is 49.1 Å². The Balaban J connectivity index is 1.81. The van der Waals surface area contributed by atoms with Crippen molar-refractivity contribution in [2.45, 2.75) is 6.42 Å². The Morgan fingerprint density at radius 3 is 2.86 bits per heavy atom. The minimum Gasteiger partial charge on any atom is -0.322 e. The molecule has 2 aromatic heterocycles. The Kier molecular flexibility index (Phi) is 3.31. The van der Waals surface area contributed by atoms with Gasteiger partial charge in [0.1, 0.15) is 0 Å². The molecule has 0 saturated carbocycles. The van der Waals surface area contributed by atoms with E-state index in [-0.39, 0.29) is 5.91 Å². The highest BCUT2D eigenvalue weighted by Gasteiger charge is 2.12. The number of anilines is 1. The summed E-state index contributed by atoms with van der Waals surface area (Å²) in [6.45, 7) is 0. The van der Waals surface area contributed by atoms with Crippen molar-refractivity contribution < 1.29 is 4.79 Å². The first kappa shape index (κ1) is 12.8. The third-order valence-corrected chi connectivity index (χ3v) is 3.06. The molecule has 0 saturated heterocycles. The monoisotopic (exact) mass is 277 g/mol. The first-order valence-corrected chi connectivity index (χ1v) is 6.32. The Labute approximate surface area is 120 Å². The molecule has 6 heteroatoms. The van der Waals surface area contributed by atoms with Crippen LogP contribution >= 0.6 is 0 Å². The van der Waals surface area contributed by atoms with Crippen LogP contribution in [0.1, 0.15) is 15.9 Å². The molecule has 0 fully saturated rings. The quantitative estimate of drug-likeness (QED) is 0.794. The van der Waals surface area contributed by atoms with Crippen molar-refractivity contribution >= 4 is 17.1 Å². The van der Waals surface area contributed by atoms with Gasteiger partial charge in [0.25, 0.3) is 5.91 Å². The van der Waals surface area contributed by atoms with Crippen LogP contribution in [0.3, 0.4) is 0 Å². The highest BCUT2D eigenvalue weighted by molar-refractivity contribution is 6.08. The van der Waals surface area contributed by atoms with Gasteiger partial charge in [0.15, 0.2) is 0 Å². The molecule has 0 spiro atoms. The predicted molar refractivity (Wildman–Crippen MR) is 76.7 cm³/mol. The lowest BCUT2D eigenvalue weighted by molar-refractivity contribution is 0.102. The number of rotatable bonds is 3. The summed E-state index contributed by atoms with van der Waals surface area (Å²) in [5.41, 5.74) is 2.70. The fourth-order valence-electron chi connectivity index (χ4n) is 2.01. The van der Waals surface area contributed by atoms with Gasteiger partial charge in [-0.1, -0.05) is 12.1 Å². The van der Waals surface area contributed by atoms with Crippen LogP contribution in [-0.2, 0) is 6.42 Å². The molecule has 0 radical (unpaired) electrons. The van der Waals surface area contributed by atoms with Crippen molar-refractivity contribution in [1.29, 1.82) is 5.26 Å². The number of carbonyl (C=O) groups is 1. The molecular formula is C15H11N5O. The lowest BCUT2D eigenvalue weighted by Crippen LogP contribution is -2.11. The zero-order valence-electron chi connectivity index (χ0n) is 11.0. The normalized spacial score (nSPS) is 10.2. The van der Waals surface area contributed by atoms with Crippen molar-refractivity contribution in [2.24, 2.45) is 0 Å². The maximum atomic E-state index is 12.3. The number of carbonyl (C=O) groups excluding carboxylic acids is 1. The van der Waals surface area contributed by atoms with Gasteiger partial charge in [-0.15, -0.1) is 0 Å². The van der Waals surface area contributed by atoms with Crippen molar-refractivity contribution in [3.63, 3.8) is 0 Å². The van der Waals surface area contributed by atoms with E-state index in [0.29, 0.717) is 23.2 Å². The van der Waals surface area contributed by atoms with E-state index >= 15 is 0 Å². The summed E-state index contributed by atoms with van der Waals surface area (Å²) in [5.74, 6) is -0.244. The molecule has 6 nitrogen and oxygen atoms in total. The van der Waals surface area contributed by atoms with Crippen LogP contribution in [0.4, 0.5) is 5.69 Å². The summed E-state index contributed by atoms with van der Waals surface area (Å²) in [6.07, 6.45) is 6.75. The number of aromatic nitrogens is 3. The smallest absolute Gasteiger partial charge is 0.259 e. The summed E-state index contributed by atoms with van der Waals surface area (Å²) in [6, 6.07) is 9.26. The molecule has 0 bridgehead atoms. The van der Waals surface area contributed by atoms with Crippen LogP contribution in [0.5, 0.6) is 0 Å². The number of nitrogens with one attached hydrogen (secondary N) is 1. The topological polar surface area (TPSA) is 83.1 Å². The van der Waals surface area contributed by atoms with Gasteiger partial charge >= 0.3 is 0 Å². The molecular weight excluding hydrogens is 266 g/mol. The highest BCUT2D eigenvalue weighted by atomic mass is 16.1. The van der Waals surface area contributed by atoms with E-state index in [4.69, 9.17) is 5.26 Å². The molecule has 0 atom stereocenters. The number of nitrogens with zero attached hydrogens (tertiary/aromatic N) is 4. The van der Waals surface area contributed by atoms with Gasteiger partial charge in [-0.2, -0.15) is 10.4 Å². The number of fused-ring (bicyclic) bond motifs is 1. The van der Waals surface area contributed by atoms with Crippen molar-refractivity contribution in [3.8, 4) is 6.07 Å². The van der Waals surface area contributed by atoms with Crippen LogP contribution in [-0.4, -0.2) is 20.5 Å². The average molecular weight is 277 g/mol. The molecule has 1 N–H and O–H groups in total. The van der Waals surface area contributed by atoms with E-state index in [2.05, 4.69) is 21.5 Å². The SMILES string of the molecule is N#CCc1ccc(NC(=O)c2cnn3ccncc23)cc1. The number of hydrogen-bond donors (Lipinski definition) is 1. The maximum Gasteiger partial charge on any atom is 0.259 e.